The van der Waals surface area contributed by atoms with Crippen LogP contribution in [0.5, 0.6) is 0 Å². The van der Waals surface area contributed by atoms with E-state index in [1.165, 1.54) is 17.0 Å². The standard InChI is InChI=1S/C16H17F2N3/c1-21(14-9-7-12(8-10-14)15(19)20)11-16(17,18)13-5-3-2-4-6-13/h2-10H,11H2,1H3,(H3,19,20). The number of alkyl halides is 2. The van der Waals surface area contributed by atoms with Crippen LogP contribution in [0.2, 0.25) is 0 Å². The molecule has 0 saturated carbocycles. The maximum atomic E-state index is 14.2. The Morgan fingerprint density at radius 2 is 1.67 bits per heavy atom. The number of rotatable bonds is 5. The van der Waals surface area contributed by atoms with E-state index in [-0.39, 0.29) is 11.4 Å². The van der Waals surface area contributed by atoms with E-state index in [0.29, 0.717) is 11.3 Å². The van der Waals surface area contributed by atoms with Gasteiger partial charge in [0.15, 0.2) is 0 Å². The summed E-state index contributed by atoms with van der Waals surface area (Å²) in [5.74, 6) is -2.98. The fourth-order valence-corrected chi connectivity index (χ4v) is 2.06. The summed E-state index contributed by atoms with van der Waals surface area (Å²) in [6.07, 6.45) is 0. The molecule has 2 aromatic rings. The fourth-order valence-electron chi connectivity index (χ4n) is 2.06. The zero-order valence-corrected chi connectivity index (χ0v) is 11.7. The third kappa shape index (κ3) is 3.56. The van der Waals surface area contributed by atoms with Gasteiger partial charge in [-0.1, -0.05) is 30.3 Å². The minimum absolute atomic E-state index is 0.00259. The summed E-state index contributed by atoms with van der Waals surface area (Å²) >= 11 is 0. The van der Waals surface area contributed by atoms with Crippen molar-refractivity contribution in [2.75, 3.05) is 18.5 Å². The monoisotopic (exact) mass is 289 g/mol. The highest BCUT2D eigenvalue weighted by Gasteiger charge is 2.32. The quantitative estimate of drug-likeness (QED) is 0.656. The summed E-state index contributed by atoms with van der Waals surface area (Å²) in [6.45, 7) is -0.420. The van der Waals surface area contributed by atoms with Crippen LogP contribution in [0, 0.1) is 5.41 Å². The van der Waals surface area contributed by atoms with Crippen molar-refractivity contribution in [3.63, 3.8) is 0 Å². The van der Waals surface area contributed by atoms with Gasteiger partial charge in [-0.2, -0.15) is 8.78 Å². The van der Waals surface area contributed by atoms with E-state index >= 15 is 0 Å². The van der Waals surface area contributed by atoms with Crippen molar-refractivity contribution in [2.24, 2.45) is 5.73 Å². The highest BCUT2D eigenvalue weighted by atomic mass is 19.3. The van der Waals surface area contributed by atoms with Gasteiger partial charge in [-0.05, 0) is 24.3 Å². The Morgan fingerprint density at radius 3 is 2.19 bits per heavy atom. The third-order valence-electron chi connectivity index (χ3n) is 3.25. The SMILES string of the molecule is CN(CC(F)(F)c1ccccc1)c1ccc(C(=N)N)cc1. The summed E-state index contributed by atoms with van der Waals surface area (Å²) in [6, 6.07) is 14.4. The Balaban J connectivity index is 2.13. The minimum Gasteiger partial charge on any atom is -0.384 e. The zero-order chi connectivity index (χ0) is 15.5. The highest BCUT2D eigenvalue weighted by molar-refractivity contribution is 5.95. The van der Waals surface area contributed by atoms with E-state index in [1.54, 1.807) is 49.5 Å². The van der Waals surface area contributed by atoms with Crippen LogP contribution < -0.4 is 10.6 Å². The second kappa shape index (κ2) is 5.91. The summed E-state index contributed by atoms with van der Waals surface area (Å²) in [5.41, 5.74) is 6.58. The first kappa shape index (κ1) is 15.0. The number of likely N-dealkylation sites (N-methyl/N-ethyl adjacent to an activating group) is 1. The van der Waals surface area contributed by atoms with Gasteiger partial charge in [-0.25, -0.2) is 0 Å². The molecule has 110 valence electrons. The van der Waals surface area contributed by atoms with Crippen LogP contribution in [0.4, 0.5) is 14.5 Å². The summed E-state index contributed by atoms with van der Waals surface area (Å²) in [5, 5.41) is 7.31. The van der Waals surface area contributed by atoms with Crippen molar-refractivity contribution in [3.05, 3.63) is 65.7 Å². The lowest BCUT2D eigenvalue weighted by atomic mass is 10.1. The van der Waals surface area contributed by atoms with Crippen molar-refractivity contribution in [2.45, 2.75) is 5.92 Å². The Bertz CT molecular complexity index is 609. The first-order chi connectivity index (χ1) is 9.90. The Labute approximate surface area is 122 Å². The molecule has 3 nitrogen and oxygen atoms in total. The van der Waals surface area contributed by atoms with Gasteiger partial charge < -0.3 is 10.6 Å². The number of nitrogens with one attached hydrogen (secondary N) is 1. The number of amidine groups is 1. The van der Waals surface area contributed by atoms with E-state index in [0.717, 1.165) is 0 Å². The second-order valence-electron chi connectivity index (χ2n) is 4.89. The summed E-state index contributed by atoms with van der Waals surface area (Å²) in [4.78, 5) is 1.48. The van der Waals surface area contributed by atoms with Gasteiger partial charge in [0.2, 0.25) is 0 Å². The van der Waals surface area contributed by atoms with Crippen LogP contribution in [0.3, 0.4) is 0 Å². The zero-order valence-electron chi connectivity index (χ0n) is 11.7. The number of hydrogen-bond acceptors (Lipinski definition) is 2. The molecule has 0 unspecified atom stereocenters. The average molecular weight is 289 g/mol. The maximum absolute atomic E-state index is 14.2. The minimum atomic E-state index is -2.94. The smallest absolute Gasteiger partial charge is 0.290 e. The van der Waals surface area contributed by atoms with Gasteiger partial charge in [-0.3, -0.25) is 5.41 Å². The number of hydrogen-bond donors (Lipinski definition) is 2. The molecule has 0 amide bonds. The Morgan fingerprint density at radius 1 is 1.10 bits per heavy atom. The molecule has 0 aromatic heterocycles. The van der Waals surface area contributed by atoms with Crippen molar-refractivity contribution in [1.82, 2.24) is 0 Å². The van der Waals surface area contributed by atoms with Crippen molar-refractivity contribution in [3.8, 4) is 0 Å². The number of nitrogens with zero attached hydrogens (tertiary/aromatic N) is 1. The van der Waals surface area contributed by atoms with Gasteiger partial charge >= 0.3 is 0 Å². The molecule has 21 heavy (non-hydrogen) atoms. The predicted octanol–water partition coefficient (Wildman–Crippen LogP) is 3.20. The van der Waals surface area contributed by atoms with E-state index in [4.69, 9.17) is 11.1 Å². The van der Waals surface area contributed by atoms with Crippen molar-refractivity contribution in [1.29, 1.82) is 5.41 Å². The first-order valence-electron chi connectivity index (χ1n) is 6.49. The van der Waals surface area contributed by atoms with Gasteiger partial charge in [0, 0.05) is 23.9 Å². The van der Waals surface area contributed by atoms with Gasteiger partial charge in [0.1, 0.15) is 5.84 Å². The van der Waals surface area contributed by atoms with Crippen LogP contribution in [0.15, 0.2) is 54.6 Å². The maximum Gasteiger partial charge on any atom is 0.290 e. The summed E-state index contributed by atoms with van der Waals surface area (Å²) < 4.78 is 28.4. The number of halogens is 2. The lowest BCUT2D eigenvalue weighted by Crippen LogP contribution is -2.32. The molecule has 0 bridgehead atoms. The van der Waals surface area contributed by atoms with Crippen LogP contribution in [-0.4, -0.2) is 19.4 Å². The molecule has 0 radical (unpaired) electrons. The number of nitrogens with two attached hydrogens (primary N) is 1. The molecule has 0 spiro atoms. The topological polar surface area (TPSA) is 53.1 Å². The van der Waals surface area contributed by atoms with E-state index in [2.05, 4.69) is 0 Å². The van der Waals surface area contributed by atoms with Crippen LogP contribution in [0.1, 0.15) is 11.1 Å². The average Bonchev–Trinajstić information content (AvgIpc) is 2.48. The Kier molecular flexibility index (Phi) is 4.21. The van der Waals surface area contributed by atoms with E-state index in [9.17, 15) is 8.78 Å². The van der Waals surface area contributed by atoms with Crippen LogP contribution >= 0.6 is 0 Å². The lowest BCUT2D eigenvalue weighted by molar-refractivity contribution is 0.00500. The molecule has 5 heteroatoms. The second-order valence-corrected chi connectivity index (χ2v) is 4.89. The molecular formula is C16H17F2N3. The molecule has 2 rings (SSSR count). The highest BCUT2D eigenvalue weighted by Crippen LogP contribution is 2.30. The number of anilines is 1. The van der Waals surface area contributed by atoms with E-state index in [1.807, 2.05) is 0 Å². The van der Waals surface area contributed by atoms with Crippen LogP contribution in [0.25, 0.3) is 0 Å². The summed E-state index contributed by atoms with van der Waals surface area (Å²) in [7, 11) is 1.61. The number of nitrogen functional groups attached to an aromatic ring is 1. The molecule has 0 heterocycles. The normalized spacial score (nSPS) is 11.2. The van der Waals surface area contributed by atoms with Gasteiger partial charge in [0.25, 0.3) is 5.92 Å². The Hall–Kier alpha value is -2.43. The van der Waals surface area contributed by atoms with Crippen molar-refractivity contribution >= 4 is 11.5 Å². The van der Waals surface area contributed by atoms with E-state index < -0.39 is 12.5 Å². The lowest BCUT2D eigenvalue weighted by Gasteiger charge is -2.26. The molecule has 0 fully saturated rings. The predicted molar refractivity (Wildman–Crippen MR) is 81.1 cm³/mol. The fraction of sp³-hybridized carbons (Fsp3) is 0.188. The van der Waals surface area contributed by atoms with Gasteiger partial charge in [-0.15, -0.1) is 0 Å². The molecule has 0 aliphatic heterocycles. The van der Waals surface area contributed by atoms with Crippen LogP contribution in [-0.2, 0) is 5.92 Å². The molecule has 3 N–H and O–H groups in total. The molecule has 0 atom stereocenters. The number of benzene rings is 2. The third-order valence-corrected chi connectivity index (χ3v) is 3.25. The molecule has 2 aromatic carbocycles. The molecule has 0 aliphatic carbocycles. The molecule has 0 saturated heterocycles. The van der Waals surface area contributed by atoms with Gasteiger partial charge in [0.05, 0.1) is 6.54 Å². The largest absolute Gasteiger partial charge is 0.384 e. The first-order valence-corrected chi connectivity index (χ1v) is 6.49. The molecule has 0 aliphatic rings. The molecular weight excluding hydrogens is 272 g/mol. The van der Waals surface area contributed by atoms with Crippen molar-refractivity contribution < 1.29 is 8.78 Å².